The Balaban J connectivity index is 0.00000117. The highest BCUT2D eigenvalue weighted by molar-refractivity contribution is 6.07. The first kappa shape index (κ1) is 19.1. The van der Waals surface area contributed by atoms with Crippen LogP contribution in [0.25, 0.3) is 5.69 Å². The third-order valence-electron chi connectivity index (χ3n) is 3.15. The first-order chi connectivity index (χ1) is 12.4. The Morgan fingerprint density at radius 1 is 1.08 bits per heavy atom. The summed E-state index contributed by atoms with van der Waals surface area (Å²) in [5.74, 6) is -2.07. The lowest BCUT2D eigenvalue weighted by molar-refractivity contribution is -0.144. The molecule has 3 rings (SSSR count). The van der Waals surface area contributed by atoms with Gasteiger partial charge in [-0.15, -0.1) is 5.10 Å². The molecule has 0 saturated heterocycles. The number of carbonyl (C=O) groups excluding carboxylic acids is 1. The zero-order valence-corrected chi connectivity index (χ0v) is 14.0. The van der Waals surface area contributed by atoms with E-state index in [0.29, 0.717) is 5.56 Å². The number of carbonyl (C=O) groups is 1. The lowest BCUT2D eigenvalue weighted by Gasteiger charge is -2.04. The maximum Gasteiger partial charge on any atom is 0.453 e. The highest BCUT2D eigenvalue weighted by atomic mass is 19.4. The van der Waals surface area contributed by atoms with Gasteiger partial charge in [0.15, 0.2) is 0 Å². The Morgan fingerprint density at radius 2 is 1.73 bits per heavy atom. The minimum atomic E-state index is -4.70. The summed E-state index contributed by atoms with van der Waals surface area (Å²) in [6.45, 7) is 4.00. The molecule has 0 aliphatic rings. The van der Waals surface area contributed by atoms with Gasteiger partial charge < -0.3 is 5.73 Å². The van der Waals surface area contributed by atoms with E-state index in [1.54, 1.807) is 30.3 Å². The molecule has 136 valence electrons. The minimum Gasteiger partial charge on any atom is -0.368 e. The van der Waals surface area contributed by atoms with Gasteiger partial charge in [-0.05, 0) is 12.1 Å². The van der Waals surface area contributed by atoms with Gasteiger partial charge in [-0.25, -0.2) is 0 Å². The molecule has 0 aliphatic carbocycles. The molecule has 6 nitrogen and oxygen atoms in total. The lowest BCUT2D eigenvalue weighted by Crippen LogP contribution is -2.09. The van der Waals surface area contributed by atoms with Crippen LogP contribution in [0.2, 0.25) is 0 Å². The van der Waals surface area contributed by atoms with Gasteiger partial charge in [0.2, 0.25) is 11.7 Å². The maximum atomic E-state index is 12.6. The molecular formula is C17H16F3N5O. The average Bonchev–Trinajstić information content (AvgIpc) is 3.06. The molecule has 0 spiro atoms. The molecule has 0 unspecified atom stereocenters. The Bertz CT molecular complexity index is 874. The van der Waals surface area contributed by atoms with E-state index in [9.17, 15) is 18.0 Å². The van der Waals surface area contributed by atoms with Crippen LogP contribution >= 0.6 is 0 Å². The number of ketones is 1. The molecule has 0 bridgehead atoms. The smallest absolute Gasteiger partial charge is 0.368 e. The zero-order valence-electron chi connectivity index (χ0n) is 14.0. The molecule has 2 aromatic heterocycles. The average molecular weight is 363 g/mol. The van der Waals surface area contributed by atoms with Gasteiger partial charge in [-0.3, -0.25) is 9.78 Å². The van der Waals surface area contributed by atoms with Gasteiger partial charge in [-0.2, -0.15) is 22.8 Å². The van der Waals surface area contributed by atoms with E-state index in [4.69, 9.17) is 5.73 Å². The molecule has 3 aromatic rings. The van der Waals surface area contributed by atoms with E-state index in [1.165, 1.54) is 18.3 Å². The largest absolute Gasteiger partial charge is 0.453 e. The number of hydrogen-bond donors (Lipinski definition) is 1. The first-order valence-electron chi connectivity index (χ1n) is 7.72. The topological polar surface area (TPSA) is 86.7 Å². The number of aromatic nitrogens is 4. The van der Waals surface area contributed by atoms with E-state index >= 15 is 0 Å². The molecule has 2 heterocycles. The number of halogens is 3. The van der Waals surface area contributed by atoms with Crippen LogP contribution in [0.3, 0.4) is 0 Å². The van der Waals surface area contributed by atoms with Crippen LogP contribution in [0.15, 0.2) is 48.7 Å². The first-order valence-corrected chi connectivity index (χ1v) is 7.72. The van der Waals surface area contributed by atoms with Crippen LogP contribution in [-0.4, -0.2) is 25.5 Å². The second kappa shape index (κ2) is 7.77. The van der Waals surface area contributed by atoms with Crippen molar-refractivity contribution < 1.29 is 18.0 Å². The van der Waals surface area contributed by atoms with Crippen molar-refractivity contribution in [1.82, 2.24) is 19.7 Å². The molecule has 0 atom stereocenters. The monoisotopic (exact) mass is 363 g/mol. The second-order valence-corrected chi connectivity index (χ2v) is 4.80. The van der Waals surface area contributed by atoms with Gasteiger partial charge in [0.25, 0.3) is 5.82 Å². The quantitative estimate of drug-likeness (QED) is 0.720. The summed E-state index contributed by atoms with van der Waals surface area (Å²) < 4.78 is 38.6. The number of nitrogen functional groups attached to an aromatic ring is 1. The molecule has 0 radical (unpaired) electrons. The highest BCUT2D eigenvalue weighted by Gasteiger charge is 2.37. The van der Waals surface area contributed by atoms with E-state index in [-0.39, 0.29) is 17.2 Å². The molecule has 0 aliphatic heterocycles. The Kier molecular flexibility index (Phi) is 5.71. The summed E-state index contributed by atoms with van der Waals surface area (Å²) in [6, 6.07) is 11.3. The molecule has 0 saturated carbocycles. The number of nitrogens with two attached hydrogens (primary N) is 1. The normalized spacial score (nSPS) is 10.8. The lowest BCUT2D eigenvalue weighted by atomic mass is 10.1. The van der Waals surface area contributed by atoms with Gasteiger partial charge in [0.1, 0.15) is 5.69 Å². The maximum absolute atomic E-state index is 12.6. The van der Waals surface area contributed by atoms with Crippen molar-refractivity contribution in [2.45, 2.75) is 20.0 Å². The Labute approximate surface area is 147 Å². The van der Waals surface area contributed by atoms with Crippen molar-refractivity contribution in [3.8, 4) is 5.69 Å². The van der Waals surface area contributed by atoms with Crippen LogP contribution in [0.4, 0.5) is 19.1 Å². The van der Waals surface area contributed by atoms with Crippen LogP contribution in [0, 0.1) is 0 Å². The van der Waals surface area contributed by atoms with Gasteiger partial charge in [0, 0.05) is 5.56 Å². The fraction of sp³-hybridized carbons (Fsp3) is 0.176. The van der Waals surface area contributed by atoms with Crippen molar-refractivity contribution >= 4 is 11.7 Å². The van der Waals surface area contributed by atoms with Crippen molar-refractivity contribution in [3.63, 3.8) is 0 Å². The molecule has 0 amide bonds. The number of alkyl halides is 3. The molecule has 0 fully saturated rings. The van der Waals surface area contributed by atoms with Crippen LogP contribution in [0.5, 0.6) is 0 Å². The number of nitrogens with zero attached hydrogens (tertiary/aromatic N) is 4. The highest BCUT2D eigenvalue weighted by Crippen LogP contribution is 2.27. The number of anilines is 1. The molecule has 26 heavy (non-hydrogen) atoms. The molecule has 2 N–H and O–H groups in total. The number of benzene rings is 1. The minimum absolute atomic E-state index is 0.152. The van der Waals surface area contributed by atoms with E-state index < -0.39 is 17.9 Å². The van der Waals surface area contributed by atoms with Crippen LogP contribution in [0.1, 0.15) is 35.7 Å². The molecular weight excluding hydrogens is 347 g/mol. The van der Waals surface area contributed by atoms with Gasteiger partial charge in [0.05, 0.1) is 11.9 Å². The van der Waals surface area contributed by atoms with Crippen molar-refractivity contribution in [2.24, 2.45) is 0 Å². The Hall–Kier alpha value is -3.23. The van der Waals surface area contributed by atoms with Crippen LogP contribution in [-0.2, 0) is 6.18 Å². The van der Waals surface area contributed by atoms with Crippen molar-refractivity contribution in [1.29, 1.82) is 0 Å². The summed E-state index contributed by atoms with van der Waals surface area (Å²) in [7, 11) is 0. The predicted molar refractivity (Wildman–Crippen MR) is 89.8 cm³/mol. The second-order valence-electron chi connectivity index (χ2n) is 4.80. The van der Waals surface area contributed by atoms with E-state index in [0.717, 1.165) is 4.68 Å². The van der Waals surface area contributed by atoms with Crippen LogP contribution < -0.4 is 5.73 Å². The number of hydrogen-bond acceptors (Lipinski definition) is 5. The van der Waals surface area contributed by atoms with E-state index in [2.05, 4.69) is 15.1 Å². The molecule has 9 heteroatoms. The van der Waals surface area contributed by atoms with Gasteiger partial charge in [-0.1, -0.05) is 44.2 Å². The fourth-order valence-electron chi connectivity index (χ4n) is 2.02. The number of rotatable bonds is 3. The van der Waals surface area contributed by atoms with Gasteiger partial charge >= 0.3 is 6.18 Å². The standard InChI is InChI=1S/C15H10F3N5O.C2H6/c16-15(17,18)13-21-14(19)23(22-13)10-6-7-11(20-8-10)12(24)9-4-2-1-3-5-9;1-2/h1-8H,(H2,19,21,22);1-2H3. The summed E-state index contributed by atoms with van der Waals surface area (Å²) in [6.07, 6.45) is -3.49. The zero-order chi connectivity index (χ0) is 19.3. The van der Waals surface area contributed by atoms with Crippen molar-refractivity contribution in [3.05, 3.63) is 65.7 Å². The third kappa shape index (κ3) is 4.05. The van der Waals surface area contributed by atoms with E-state index in [1.807, 2.05) is 13.8 Å². The summed E-state index contributed by atoms with van der Waals surface area (Å²) in [5.41, 5.74) is 6.23. The summed E-state index contributed by atoms with van der Waals surface area (Å²) >= 11 is 0. The third-order valence-corrected chi connectivity index (χ3v) is 3.15. The molecule has 1 aromatic carbocycles. The van der Waals surface area contributed by atoms with Crippen molar-refractivity contribution in [2.75, 3.05) is 5.73 Å². The predicted octanol–water partition coefficient (Wildman–Crippen LogP) is 3.52. The fourth-order valence-corrected chi connectivity index (χ4v) is 2.02. The number of pyridine rings is 1. The summed E-state index contributed by atoms with van der Waals surface area (Å²) in [5, 5.41) is 3.31. The Morgan fingerprint density at radius 3 is 2.23 bits per heavy atom. The SMILES string of the molecule is CC.Nc1nc(C(F)(F)F)nn1-c1ccc(C(=O)c2ccccc2)nc1. The summed E-state index contributed by atoms with van der Waals surface area (Å²) in [4.78, 5) is 19.4.